The number of halogens is 1. The lowest BCUT2D eigenvalue weighted by atomic mass is 10.4. The molecule has 15 heavy (non-hydrogen) atoms. The molecule has 0 fully saturated rings. The van der Waals surface area contributed by atoms with Crippen molar-refractivity contribution in [3.8, 4) is 0 Å². The average molecular weight is 315 g/mol. The molecule has 0 saturated carbocycles. The predicted molar refractivity (Wildman–Crippen MR) is 66.0 cm³/mol. The molecule has 0 radical (unpaired) electrons. The van der Waals surface area contributed by atoms with Gasteiger partial charge in [-0.2, -0.15) is 5.10 Å². The van der Waals surface area contributed by atoms with E-state index in [1.165, 1.54) is 6.33 Å². The van der Waals surface area contributed by atoms with Gasteiger partial charge in [0.05, 0.1) is 15.0 Å². The molecule has 6 heteroatoms. The smallest absolute Gasteiger partial charge is 0.147 e. The van der Waals surface area contributed by atoms with Crippen LogP contribution in [-0.2, 0) is 7.05 Å². The van der Waals surface area contributed by atoms with Gasteiger partial charge in [-0.1, -0.05) is 0 Å². The summed E-state index contributed by atoms with van der Waals surface area (Å²) in [6.07, 6.45) is 5.21. The van der Waals surface area contributed by atoms with Crippen molar-refractivity contribution in [2.24, 2.45) is 7.05 Å². The highest BCUT2D eigenvalue weighted by atomic mass is 127. The molecule has 0 aliphatic heterocycles. The number of aryl methyl sites for hydroxylation is 2. The summed E-state index contributed by atoms with van der Waals surface area (Å²) in [4.78, 5) is 8.09. The summed E-state index contributed by atoms with van der Waals surface area (Å²) in [7, 11) is 1.89. The normalized spacial score (nSPS) is 10.3. The van der Waals surface area contributed by atoms with Gasteiger partial charge in [0.25, 0.3) is 0 Å². The number of rotatable bonds is 2. The number of hydrogen-bond acceptors (Lipinski definition) is 4. The lowest BCUT2D eigenvalue weighted by molar-refractivity contribution is 0.756. The molecule has 0 atom stereocenters. The van der Waals surface area contributed by atoms with E-state index in [2.05, 4.69) is 43.0 Å². The number of anilines is 2. The van der Waals surface area contributed by atoms with E-state index in [1.807, 2.05) is 20.2 Å². The van der Waals surface area contributed by atoms with Crippen molar-refractivity contribution in [3.05, 3.63) is 28.0 Å². The van der Waals surface area contributed by atoms with Gasteiger partial charge < -0.3 is 5.32 Å². The summed E-state index contributed by atoms with van der Waals surface area (Å²) in [6.45, 7) is 1.95. The average Bonchev–Trinajstić information content (AvgIpc) is 2.49. The van der Waals surface area contributed by atoms with Gasteiger partial charge in [0.1, 0.15) is 12.1 Å². The number of nitrogens with one attached hydrogen (secondary N) is 1. The van der Waals surface area contributed by atoms with Crippen molar-refractivity contribution in [2.75, 3.05) is 5.32 Å². The van der Waals surface area contributed by atoms with Gasteiger partial charge in [0.15, 0.2) is 0 Å². The third kappa shape index (κ3) is 2.25. The van der Waals surface area contributed by atoms with Crippen molar-refractivity contribution < 1.29 is 0 Å². The monoisotopic (exact) mass is 315 g/mol. The quantitative estimate of drug-likeness (QED) is 0.860. The highest BCUT2D eigenvalue weighted by molar-refractivity contribution is 14.1. The Balaban J connectivity index is 2.29. The van der Waals surface area contributed by atoms with Crippen LogP contribution in [0.15, 0.2) is 18.7 Å². The SMILES string of the molecule is Cc1nn(C)cc1Nc1ncncc1I. The van der Waals surface area contributed by atoms with Crippen LogP contribution in [0.2, 0.25) is 0 Å². The molecule has 78 valence electrons. The number of aromatic nitrogens is 4. The summed E-state index contributed by atoms with van der Waals surface area (Å²) in [5.74, 6) is 0.807. The Morgan fingerprint density at radius 1 is 1.47 bits per heavy atom. The first-order valence-corrected chi connectivity index (χ1v) is 5.47. The first-order chi connectivity index (χ1) is 7.16. The molecular weight excluding hydrogens is 305 g/mol. The molecule has 0 aliphatic carbocycles. The molecule has 2 aromatic rings. The van der Waals surface area contributed by atoms with Gasteiger partial charge in [-0.25, -0.2) is 9.97 Å². The zero-order chi connectivity index (χ0) is 10.8. The Morgan fingerprint density at radius 2 is 2.27 bits per heavy atom. The highest BCUT2D eigenvalue weighted by Crippen LogP contribution is 2.20. The van der Waals surface area contributed by atoms with Gasteiger partial charge in [0, 0.05) is 19.4 Å². The van der Waals surface area contributed by atoms with Crippen molar-refractivity contribution in [2.45, 2.75) is 6.92 Å². The van der Waals surface area contributed by atoms with Gasteiger partial charge >= 0.3 is 0 Å². The van der Waals surface area contributed by atoms with Gasteiger partial charge in [0.2, 0.25) is 0 Å². The standard InChI is InChI=1S/C9H10IN5/c1-6-8(4-15(2)14-6)13-9-7(10)3-11-5-12-9/h3-5H,1-2H3,(H,11,12,13). The van der Waals surface area contributed by atoms with Crippen molar-refractivity contribution in [3.63, 3.8) is 0 Å². The fourth-order valence-corrected chi connectivity index (χ4v) is 1.69. The largest absolute Gasteiger partial charge is 0.336 e. The topological polar surface area (TPSA) is 55.6 Å². The van der Waals surface area contributed by atoms with Crippen molar-refractivity contribution in [1.82, 2.24) is 19.7 Å². The summed E-state index contributed by atoms with van der Waals surface area (Å²) in [5, 5.41) is 7.46. The summed E-state index contributed by atoms with van der Waals surface area (Å²) in [5.41, 5.74) is 1.92. The predicted octanol–water partition coefficient (Wildman–Crippen LogP) is 1.87. The molecule has 2 heterocycles. The van der Waals surface area contributed by atoms with Crippen molar-refractivity contribution >= 4 is 34.1 Å². The maximum absolute atomic E-state index is 4.25. The minimum Gasteiger partial charge on any atom is -0.336 e. The van der Waals surface area contributed by atoms with E-state index in [4.69, 9.17) is 0 Å². The second-order valence-corrected chi connectivity index (χ2v) is 4.31. The van der Waals surface area contributed by atoms with Gasteiger partial charge in [-0.3, -0.25) is 4.68 Å². The highest BCUT2D eigenvalue weighted by Gasteiger charge is 2.06. The van der Waals surface area contributed by atoms with E-state index in [0.29, 0.717) is 0 Å². The minimum absolute atomic E-state index is 0.807. The molecule has 0 unspecified atom stereocenters. The molecule has 0 aliphatic rings. The Bertz CT molecular complexity index is 479. The fraction of sp³-hybridized carbons (Fsp3) is 0.222. The van der Waals surface area contributed by atoms with Crippen LogP contribution in [0.5, 0.6) is 0 Å². The van der Waals surface area contributed by atoms with Crippen LogP contribution in [0.3, 0.4) is 0 Å². The van der Waals surface area contributed by atoms with Gasteiger partial charge in [-0.05, 0) is 29.5 Å². The van der Waals surface area contributed by atoms with Crippen LogP contribution in [0.25, 0.3) is 0 Å². The van der Waals surface area contributed by atoms with Crippen LogP contribution in [0.1, 0.15) is 5.69 Å². The van der Waals surface area contributed by atoms with E-state index in [1.54, 1.807) is 10.9 Å². The molecule has 0 bridgehead atoms. The van der Waals surface area contributed by atoms with Crippen LogP contribution >= 0.6 is 22.6 Å². The Labute approximate surface area is 101 Å². The second kappa shape index (κ2) is 4.13. The van der Waals surface area contributed by atoms with Crippen molar-refractivity contribution in [1.29, 1.82) is 0 Å². The molecule has 0 saturated heterocycles. The number of nitrogens with zero attached hydrogens (tertiary/aromatic N) is 4. The molecule has 1 N–H and O–H groups in total. The summed E-state index contributed by atoms with van der Waals surface area (Å²) in [6, 6.07) is 0. The lowest BCUT2D eigenvalue weighted by Gasteiger charge is -2.04. The van der Waals surface area contributed by atoms with Crippen LogP contribution in [0, 0.1) is 10.5 Å². The Hall–Kier alpha value is -1.18. The van der Waals surface area contributed by atoms with Crippen LogP contribution < -0.4 is 5.32 Å². The zero-order valence-corrected chi connectivity index (χ0v) is 10.6. The maximum atomic E-state index is 4.25. The molecular formula is C9H10IN5. The van der Waals surface area contributed by atoms with E-state index in [0.717, 1.165) is 20.8 Å². The molecule has 2 aromatic heterocycles. The first kappa shape index (κ1) is 10.3. The lowest BCUT2D eigenvalue weighted by Crippen LogP contribution is -1.97. The second-order valence-electron chi connectivity index (χ2n) is 3.15. The fourth-order valence-electron chi connectivity index (χ4n) is 1.25. The van der Waals surface area contributed by atoms with E-state index in [-0.39, 0.29) is 0 Å². The Morgan fingerprint density at radius 3 is 2.87 bits per heavy atom. The minimum atomic E-state index is 0.807. The molecule has 0 amide bonds. The maximum Gasteiger partial charge on any atom is 0.147 e. The van der Waals surface area contributed by atoms with Crippen LogP contribution in [0.4, 0.5) is 11.5 Å². The molecule has 2 rings (SSSR count). The third-order valence-electron chi connectivity index (χ3n) is 1.93. The molecule has 0 aromatic carbocycles. The van der Waals surface area contributed by atoms with E-state index in [9.17, 15) is 0 Å². The van der Waals surface area contributed by atoms with E-state index >= 15 is 0 Å². The van der Waals surface area contributed by atoms with Gasteiger partial charge in [-0.15, -0.1) is 0 Å². The first-order valence-electron chi connectivity index (χ1n) is 4.39. The summed E-state index contributed by atoms with van der Waals surface area (Å²) < 4.78 is 2.75. The van der Waals surface area contributed by atoms with E-state index < -0.39 is 0 Å². The number of hydrogen-bond donors (Lipinski definition) is 1. The third-order valence-corrected chi connectivity index (χ3v) is 2.72. The van der Waals surface area contributed by atoms with Crippen LogP contribution in [-0.4, -0.2) is 19.7 Å². The zero-order valence-electron chi connectivity index (χ0n) is 8.40. The molecule has 5 nitrogen and oxygen atoms in total. The Kier molecular flexibility index (Phi) is 2.85. The molecule has 0 spiro atoms. The summed E-state index contributed by atoms with van der Waals surface area (Å²) >= 11 is 2.19.